The summed E-state index contributed by atoms with van der Waals surface area (Å²) < 4.78 is 37.9. The minimum atomic E-state index is -1.42. The lowest BCUT2D eigenvalue weighted by molar-refractivity contribution is -0.152. The standard InChI is InChI=1S/C39H39ClF2N6O4/c1-5-24-19-46(33-14-13-26(16-30(24)33)48(27-17-43-22-44-18-27)23-52-38(51)39(2,3)4)21-35(49)47-20-25(41)15-34(47)37(50)45-32-12-8-10-29(36(32)42)28-9-6-7-11-31(28)40/h6-14,16-19,22,25,34H,5,15,20-21,23H2,1-4H3,(H,45,50)/t25-,34+/m1/s1. The molecule has 1 aliphatic heterocycles. The van der Waals surface area contributed by atoms with Crippen molar-refractivity contribution in [1.29, 1.82) is 0 Å². The summed E-state index contributed by atoms with van der Waals surface area (Å²) in [5.74, 6) is -2.19. The Hall–Kier alpha value is -5.36. The van der Waals surface area contributed by atoms with E-state index in [2.05, 4.69) is 15.3 Å². The van der Waals surface area contributed by atoms with Gasteiger partial charge in [0.05, 0.1) is 35.7 Å². The molecule has 0 bridgehead atoms. The second-order valence-corrected chi connectivity index (χ2v) is 14.1. The molecule has 2 atom stereocenters. The predicted molar refractivity (Wildman–Crippen MR) is 196 cm³/mol. The fraction of sp³-hybridized carbons (Fsp3) is 0.308. The van der Waals surface area contributed by atoms with Gasteiger partial charge in [0, 0.05) is 45.4 Å². The maximum Gasteiger partial charge on any atom is 0.312 e. The summed E-state index contributed by atoms with van der Waals surface area (Å²) in [4.78, 5) is 51.2. The number of amides is 2. The Morgan fingerprint density at radius 3 is 2.46 bits per heavy atom. The topological polar surface area (TPSA) is 110 Å². The maximum absolute atomic E-state index is 15.6. The van der Waals surface area contributed by atoms with E-state index in [0.717, 1.165) is 16.5 Å². The van der Waals surface area contributed by atoms with Crippen molar-refractivity contribution in [1.82, 2.24) is 19.4 Å². The van der Waals surface area contributed by atoms with E-state index >= 15 is 4.39 Å². The lowest BCUT2D eigenvalue weighted by Crippen LogP contribution is -2.44. The number of benzene rings is 3. The number of aryl methyl sites for hydroxylation is 1. The van der Waals surface area contributed by atoms with E-state index in [4.69, 9.17) is 16.3 Å². The average Bonchev–Trinajstić information content (AvgIpc) is 3.69. The highest BCUT2D eigenvalue weighted by Crippen LogP contribution is 2.34. The number of ether oxygens (including phenoxy) is 1. The molecule has 2 aromatic heterocycles. The van der Waals surface area contributed by atoms with Crippen LogP contribution in [0, 0.1) is 11.2 Å². The lowest BCUT2D eigenvalue weighted by Gasteiger charge is -2.26. The van der Waals surface area contributed by atoms with Crippen molar-refractivity contribution in [2.45, 2.75) is 59.3 Å². The molecule has 1 fully saturated rings. The Morgan fingerprint density at radius 1 is 1.02 bits per heavy atom. The number of carbonyl (C=O) groups excluding carboxylic acids is 3. The molecule has 1 aliphatic rings. The minimum Gasteiger partial charge on any atom is -0.443 e. The van der Waals surface area contributed by atoms with Gasteiger partial charge in [-0.1, -0.05) is 48.9 Å². The fourth-order valence-corrected chi connectivity index (χ4v) is 6.52. The van der Waals surface area contributed by atoms with Gasteiger partial charge in [-0.3, -0.25) is 14.4 Å². The van der Waals surface area contributed by atoms with Crippen LogP contribution in [0.2, 0.25) is 5.02 Å². The van der Waals surface area contributed by atoms with Crippen molar-refractivity contribution in [3.05, 3.63) is 102 Å². The van der Waals surface area contributed by atoms with Gasteiger partial charge in [0.1, 0.15) is 25.1 Å². The molecule has 3 heterocycles. The molecule has 2 amide bonds. The molecule has 5 aromatic rings. The first kappa shape index (κ1) is 36.4. The second kappa shape index (κ2) is 15.1. The fourth-order valence-electron chi connectivity index (χ4n) is 6.29. The normalized spacial score (nSPS) is 15.9. The van der Waals surface area contributed by atoms with E-state index in [1.54, 1.807) is 79.0 Å². The predicted octanol–water partition coefficient (Wildman–Crippen LogP) is 7.72. The van der Waals surface area contributed by atoms with Gasteiger partial charge in [0.15, 0.2) is 12.5 Å². The number of halogens is 3. The third kappa shape index (κ3) is 7.62. The van der Waals surface area contributed by atoms with Gasteiger partial charge < -0.3 is 24.4 Å². The highest BCUT2D eigenvalue weighted by Gasteiger charge is 2.40. The number of esters is 1. The van der Waals surface area contributed by atoms with E-state index in [0.29, 0.717) is 28.4 Å². The molecule has 0 spiro atoms. The van der Waals surface area contributed by atoms with Crippen molar-refractivity contribution in [3.63, 3.8) is 0 Å². The zero-order chi connectivity index (χ0) is 37.2. The number of fused-ring (bicyclic) bond motifs is 1. The molecule has 10 nitrogen and oxygen atoms in total. The van der Waals surface area contributed by atoms with Gasteiger partial charge in [0.25, 0.3) is 0 Å². The molecule has 0 unspecified atom stereocenters. The first-order valence-electron chi connectivity index (χ1n) is 16.9. The monoisotopic (exact) mass is 728 g/mol. The van der Waals surface area contributed by atoms with Gasteiger partial charge in [-0.15, -0.1) is 0 Å². The molecule has 52 heavy (non-hydrogen) atoms. The Balaban J connectivity index is 1.23. The SMILES string of the molecule is CCc1cn(CC(=O)N2C[C@H](F)C[C@H]2C(=O)Nc2cccc(-c3ccccc3Cl)c2F)c2ccc(N(COC(=O)C(C)(C)C)c3cncnc3)cc12. The van der Waals surface area contributed by atoms with Crippen LogP contribution in [0.1, 0.15) is 39.7 Å². The van der Waals surface area contributed by atoms with Gasteiger partial charge in [-0.05, 0) is 63.1 Å². The quantitative estimate of drug-likeness (QED) is 0.116. The third-order valence-corrected chi connectivity index (χ3v) is 9.36. The summed E-state index contributed by atoms with van der Waals surface area (Å²) >= 11 is 6.29. The highest BCUT2D eigenvalue weighted by molar-refractivity contribution is 6.33. The summed E-state index contributed by atoms with van der Waals surface area (Å²) in [7, 11) is 0. The van der Waals surface area contributed by atoms with Crippen molar-refractivity contribution < 1.29 is 27.9 Å². The zero-order valence-electron chi connectivity index (χ0n) is 29.3. The van der Waals surface area contributed by atoms with Crippen LogP contribution in [0.25, 0.3) is 22.0 Å². The van der Waals surface area contributed by atoms with Crippen LogP contribution >= 0.6 is 11.6 Å². The van der Waals surface area contributed by atoms with Crippen LogP contribution in [-0.2, 0) is 32.1 Å². The number of nitrogens with one attached hydrogen (secondary N) is 1. The van der Waals surface area contributed by atoms with Crippen LogP contribution in [-0.4, -0.2) is 62.7 Å². The number of aromatic nitrogens is 3. The molecule has 0 saturated carbocycles. The minimum absolute atomic E-state index is 0.0767. The molecular formula is C39H39ClF2N6O4. The van der Waals surface area contributed by atoms with Gasteiger partial charge in [-0.25, -0.2) is 18.7 Å². The molecule has 13 heteroatoms. The van der Waals surface area contributed by atoms with Gasteiger partial charge >= 0.3 is 5.97 Å². The van der Waals surface area contributed by atoms with E-state index in [9.17, 15) is 18.8 Å². The molecule has 1 N–H and O–H groups in total. The molecule has 1 saturated heterocycles. The van der Waals surface area contributed by atoms with Crippen molar-refractivity contribution in [2.75, 3.05) is 23.5 Å². The Labute approximate surface area is 305 Å². The smallest absolute Gasteiger partial charge is 0.312 e. The number of hydrogen-bond donors (Lipinski definition) is 1. The zero-order valence-corrected chi connectivity index (χ0v) is 30.0. The number of nitrogens with zero attached hydrogens (tertiary/aromatic N) is 5. The summed E-state index contributed by atoms with van der Waals surface area (Å²) in [6.07, 6.45) is 5.54. The van der Waals surface area contributed by atoms with Crippen LogP contribution in [0.5, 0.6) is 0 Å². The number of alkyl halides is 1. The molecule has 270 valence electrons. The van der Waals surface area contributed by atoms with Gasteiger partial charge in [-0.2, -0.15) is 0 Å². The highest BCUT2D eigenvalue weighted by atomic mass is 35.5. The maximum atomic E-state index is 15.6. The number of hydrogen-bond acceptors (Lipinski definition) is 7. The third-order valence-electron chi connectivity index (χ3n) is 9.03. The molecule has 0 aliphatic carbocycles. The molecule has 6 rings (SSSR count). The van der Waals surface area contributed by atoms with E-state index in [1.165, 1.54) is 17.3 Å². The lowest BCUT2D eigenvalue weighted by atomic mass is 9.97. The summed E-state index contributed by atoms with van der Waals surface area (Å²) in [5.41, 5.74) is 2.90. The van der Waals surface area contributed by atoms with Crippen molar-refractivity contribution in [3.8, 4) is 11.1 Å². The average molecular weight is 729 g/mol. The van der Waals surface area contributed by atoms with Crippen LogP contribution < -0.4 is 10.2 Å². The molecular weight excluding hydrogens is 690 g/mol. The molecule has 3 aromatic carbocycles. The summed E-state index contributed by atoms with van der Waals surface area (Å²) in [6, 6.07) is 15.8. The van der Waals surface area contributed by atoms with Crippen molar-refractivity contribution >= 4 is 57.3 Å². The van der Waals surface area contributed by atoms with Crippen molar-refractivity contribution in [2.24, 2.45) is 5.41 Å². The van der Waals surface area contributed by atoms with Crippen LogP contribution in [0.15, 0.2) is 85.6 Å². The first-order chi connectivity index (χ1) is 24.8. The Bertz CT molecular complexity index is 2120. The summed E-state index contributed by atoms with van der Waals surface area (Å²) in [5, 5.41) is 3.80. The van der Waals surface area contributed by atoms with E-state index < -0.39 is 35.3 Å². The molecule has 0 radical (unpaired) electrons. The number of likely N-dealkylation sites (tertiary alicyclic amines) is 1. The van der Waals surface area contributed by atoms with Crippen LogP contribution in [0.4, 0.5) is 25.8 Å². The van der Waals surface area contributed by atoms with E-state index in [-0.39, 0.29) is 43.5 Å². The van der Waals surface area contributed by atoms with Crippen LogP contribution in [0.3, 0.4) is 0 Å². The summed E-state index contributed by atoms with van der Waals surface area (Å²) in [6.45, 7) is 6.84. The number of carbonyl (C=O) groups is 3. The number of rotatable bonds is 10. The Morgan fingerprint density at radius 2 is 1.75 bits per heavy atom. The first-order valence-corrected chi connectivity index (χ1v) is 17.3. The number of anilines is 3. The largest absolute Gasteiger partial charge is 0.443 e. The Kier molecular flexibility index (Phi) is 10.6. The van der Waals surface area contributed by atoms with Gasteiger partial charge in [0.2, 0.25) is 11.8 Å². The second-order valence-electron chi connectivity index (χ2n) is 13.7. The van der Waals surface area contributed by atoms with E-state index in [1.807, 2.05) is 31.3 Å².